The first-order valence-corrected chi connectivity index (χ1v) is 5.00. The predicted molar refractivity (Wildman–Crippen MR) is 58.7 cm³/mol. The van der Waals surface area contributed by atoms with Gasteiger partial charge in [-0.1, -0.05) is 11.6 Å². The molecule has 1 heterocycles. The van der Waals surface area contributed by atoms with E-state index in [1.807, 2.05) is 0 Å². The van der Waals surface area contributed by atoms with Crippen molar-refractivity contribution in [2.75, 3.05) is 0 Å². The Morgan fingerprint density at radius 2 is 2.29 bits per heavy atom. The van der Waals surface area contributed by atoms with Crippen LogP contribution in [-0.2, 0) is 16.1 Å². The van der Waals surface area contributed by atoms with E-state index in [1.165, 1.54) is 13.1 Å². The minimum atomic E-state index is -1.24. The van der Waals surface area contributed by atoms with Crippen LogP contribution >= 0.6 is 11.6 Å². The lowest BCUT2D eigenvalue weighted by molar-refractivity contribution is -0.142. The van der Waals surface area contributed by atoms with Gasteiger partial charge in [0.25, 0.3) is 0 Å². The third kappa shape index (κ3) is 3.87. The Kier molecular flexibility index (Phi) is 4.22. The Bertz CT molecular complexity index is 499. The number of carboxylic acids is 1. The van der Waals surface area contributed by atoms with Crippen molar-refractivity contribution in [2.24, 2.45) is 0 Å². The van der Waals surface area contributed by atoms with Crippen molar-refractivity contribution >= 4 is 23.5 Å². The van der Waals surface area contributed by atoms with Gasteiger partial charge in [0.05, 0.1) is 17.8 Å². The van der Waals surface area contributed by atoms with Crippen LogP contribution in [0.25, 0.3) is 0 Å². The van der Waals surface area contributed by atoms with Crippen molar-refractivity contribution in [1.82, 2.24) is 14.9 Å². The summed E-state index contributed by atoms with van der Waals surface area (Å²) in [5, 5.41) is 11.3. The number of amides is 1. The molecule has 1 atom stereocenters. The van der Waals surface area contributed by atoms with Crippen molar-refractivity contribution < 1.29 is 14.7 Å². The first-order chi connectivity index (χ1) is 7.90. The molecule has 0 aliphatic heterocycles. The van der Waals surface area contributed by atoms with Gasteiger partial charge in [-0.3, -0.25) is 9.36 Å². The maximum atomic E-state index is 11.3. The lowest BCUT2D eigenvalue weighted by atomic mass is 10.3. The second kappa shape index (κ2) is 5.44. The number of rotatable bonds is 4. The smallest absolute Gasteiger partial charge is 0.347 e. The normalized spacial score (nSPS) is 11.9. The molecule has 0 saturated carbocycles. The summed E-state index contributed by atoms with van der Waals surface area (Å²) in [7, 11) is 0. The zero-order valence-electron chi connectivity index (χ0n) is 8.88. The van der Waals surface area contributed by atoms with E-state index in [0.717, 1.165) is 10.8 Å². The second-order valence-corrected chi connectivity index (χ2v) is 3.73. The summed E-state index contributed by atoms with van der Waals surface area (Å²) >= 11 is 5.63. The van der Waals surface area contributed by atoms with Crippen molar-refractivity contribution in [1.29, 1.82) is 0 Å². The number of aliphatic carboxylic acids is 1. The molecule has 0 spiro atoms. The minimum Gasteiger partial charge on any atom is -0.480 e. The third-order valence-corrected chi connectivity index (χ3v) is 2.07. The fourth-order valence-electron chi connectivity index (χ4n) is 1.19. The average molecular weight is 260 g/mol. The number of carboxylic acid groups (broad SMARTS) is 1. The van der Waals surface area contributed by atoms with Crippen LogP contribution in [0.5, 0.6) is 0 Å². The molecule has 0 radical (unpaired) electrons. The molecule has 7 nitrogen and oxygen atoms in total. The fourth-order valence-corrected chi connectivity index (χ4v) is 1.35. The SMILES string of the molecule is CC(=O)NC(Cn1cc(Cl)cnc1=O)C(=O)O. The lowest BCUT2D eigenvalue weighted by Crippen LogP contribution is -2.44. The maximum absolute atomic E-state index is 11.3. The van der Waals surface area contributed by atoms with Crippen LogP contribution in [0.2, 0.25) is 5.02 Å². The van der Waals surface area contributed by atoms with Gasteiger partial charge < -0.3 is 10.4 Å². The topological polar surface area (TPSA) is 101 Å². The summed E-state index contributed by atoms with van der Waals surface area (Å²) in [5.74, 6) is -1.74. The summed E-state index contributed by atoms with van der Waals surface area (Å²) in [4.78, 5) is 36.4. The van der Waals surface area contributed by atoms with Crippen molar-refractivity contribution in [2.45, 2.75) is 19.5 Å². The van der Waals surface area contributed by atoms with Crippen LogP contribution in [0.3, 0.4) is 0 Å². The molecule has 0 bridgehead atoms. The fraction of sp³-hybridized carbons (Fsp3) is 0.333. The molecule has 17 heavy (non-hydrogen) atoms. The van der Waals surface area contributed by atoms with Gasteiger partial charge in [-0.25, -0.2) is 14.6 Å². The summed E-state index contributed by atoms with van der Waals surface area (Å²) in [5.41, 5.74) is -0.633. The number of carbonyl (C=O) groups is 2. The number of carbonyl (C=O) groups excluding carboxylic acids is 1. The van der Waals surface area contributed by atoms with E-state index in [1.54, 1.807) is 0 Å². The summed E-state index contributed by atoms with van der Waals surface area (Å²) < 4.78 is 1.02. The number of halogens is 1. The van der Waals surface area contributed by atoms with E-state index < -0.39 is 23.6 Å². The molecule has 8 heteroatoms. The highest BCUT2D eigenvalue weighted by Crippen LogP contribution is 2.02. The second-order valence-electron chi connectivity index (χ2n) is 3.30. The van der Waals surface area contributed by atoms with E-state index in [0.29, 0.717) is 0 Å². The number of hydrogen-bond acceptors (Lipinski definition) is 4. The molecule has 1 rings (SSSR count). The van der Waals surface area contributed by atoms with E-state index in [2.05, 4.69) is 10.3 Å². The predicted octanol–water partition coefficient (Wildman–Crippen LogP) is -0.514. The van der Waals surface area contributed by atoms with Crippen LogP contribution in [0.4, 0.5) is 0 Å². The van der Waals surface area contributed by atoms with E-state index in [4.69, 9.17) is 16.7 Å². The Hall–Kier alpha value is -1.89. The van der Waals surface area contributed by atoms with Crippen LogP contribution in [0.1, 0.15) is 6.92 Å². The van der Waals surface area contributed by atoms with E-state index in [-0.39, 0.29) is 11.6 Å². The van der Waals surface area contributed by atoms with E-state index in [9.17, 15) is 14.4 Å². The van der Waals surface area contributed by atoms with E-state index >= 15 is 0 Å². The minimum absolute atomic E-state index is 0.205. The number of hydrogen-bond donors (Lipinski definition) is 2. The zero-order chi connectivity index (χ0) is 13.0. The summed E-state index contributed by atoms with van der Waals surface area (Å²) in [6, 6.07) is -1.20. The zero-order valence-corrected chi connectivity index (χ0v) is 9.64. The quantitative estimate of drug-likeness (QED) is 0.758. The molecular formula is C9H10ClN3O4. The highest BCUT2D eigenvalue weighted by Gasteiger charge is 2.19. The molecule has 0 saturated heterocycles. The van der Waals surface area contributed by atoms with Crippen LogP contribution in [-0.4, -0.2) is 32.6 Å². The molecule has 0 aromatic carbocycles. The standard InChI is InChI=1S/C9H10ClN3O4/c1-5(14)12-7(8(15)16)4-13-3-6(10)2-11-9(13)17/h2-3,7H,4H2,1H3,(H,12,14)(H,15,16). The Labute approximate surface area is 101 Å². The van der Waals surface area contributed by atoms with Gasteiger partial charge in [0.2, 0.25) is 5.91 Å². The molecule has 1 unspecified atom stereocenters. The molecule has 1 aromatic rings. The molecular weight excluding hydrogens is 250 g/mol. The molecule has 0 fully saturated rings. The van der Waals surface area contributed by atoms with Crippen molar-refractivity contribution in [3.63, 3.8) is 0 Å². The molecule has 92 valence electrons. The van der Waals surface area contributed by atoms with Gasteiger partial charge in [-0.15, -0.1) is 0 Å². The molecule has 0 aliphatic rings. The highest BCUT2D eigenvalue weighted by atomic mass is 35.5. The van der Waals surface area contributed by atoms with Crippen LogP contribution in [0.15, 0.2) is 17.2 Å². The number of nitrogens with one attached hydrogen (secondary N) is 1. The van der Waals surface area contributed by atoms with Gasteiger partial charge in [0.15, 0.2) is 0 Å². The van der Waals surface area contributed by atoms with Crippen LogP contribution < -0.4 is 11.0 Å². The largest absolute Gasteiger partial charge is 0.480 e. The third-order valence-electron chi connectivity index (χ3n) is 1.88. The Balaban J connectivity index is 2.93. The van der Waals surface area contributed by atoms with Gasteiger partial charge in [-0.2, -0.15) is 0 Å². The Morgan fingerprint density at radius 3 is 2.82 bits per heavy atom. The maximum Gasteiger partial charge on any atom is 0.347 e. The Morgan fingerprint density at radius 1 is 1.65 bits per heavy atom. The first-order valence-electron chi connectivity index (χ1n) is 4.62. The molecule has 1 amide bonds. The number of aromatic nitrogens is 2. The molecule has 0 aliphatic carbocycles. The monoisotopic (exact) mass is 259 g/mol. The van der Waals surface area contributed by atoms with Gasteiger partial charge in [0, 0.05) is 13.1 Å². The highest BCUT2D eigenvalue weighted by molar-refractivity contribution is 6.30. The van der Waals surface area contributed by atoms with Gasteiger partial charge in [0.1, 0.15) is 6.04 Å². The van der Waals surface area contributed by atoms with Gasteiger partial charge in [-0.05, 0) is 0 Å². The first kappa shape index (κ1) is 13.2. The molecule has 2 N–H and O–H groups in total. The number of nitrogens with zero attached hydrogens (tertiary/aromatic N) is 2. The van der Waals surface area contributed by atoms with Crippen molar-refractivity contribution in [3.05, 3.63) is 27.9 Å². The molecule has 1 aromatic heterocycles. The van der Waals surface area contributed by atoms with Crippen LogP contribution in [0, 0.1) is 0 Å². The summed E-state index contributed by atoms with van der Waals surface area (Å²) in [6.07, 6.45) is 2.42. The lowest BCUT2D eigenvalue weighted by Gasteiger charge is -2.14. The van der Waals surface area contributed by atoms with Crippen molar-refractivity contribution in [3.8, 4) is 0 Å². The summed E-state index contributed by atoms with van der Waals surface area (Å²) in [6.45, 7) is 0.955. The average Bonchev–Trinajstić information content (AvgIpc) is 2.21. The van der Waals surface area contributed by atoms with Gasteiger partial charge >= 0.3 is 11.7 Å².